The van der Waals surface area contributed by atoms with Crippen molar-refractivity contribution in [1.82, 2.24) is 9.78 Å². The van der Waals surface area contributed by atoms with E-state index in [1.165, 1.54) is 6.07 Å². The van der Waals surface area contributed by atoms with Crippen LogP contribution >= 0.6 is 0 Å². The van der Waals surface area contributed by atoms with E-state index in [9.17, 15) is 14.7 Å². The predicted molar refractivity (Wildman–Crippen MR) is 79.8 cm³/mol. The molecule has 7 nitrogen and oxygen atoms in total. The van der Waals surface area contributed by atoms with Gasteiger partial charge in [0.1, 0.15) is 0 Å². The molecule has 1 saturated heterocycles. The minimum absolute atomic E-state index is 0.134. The van der Waals surface area contributed by atoms with Gasteiger partial charge in [0.25, 0.3) is 5.56 Å². The molecule has 1 aromatic carbocycles. The minimum atomic E-state index is -1.16. The van der Waals surface area contributed by atoms with E-state index in [4.69, 9.17) is 4.74 Å². The molecule has 0 amide bonds. The zero-order valence-electron chi connectivity index (χ0n) is 11.8. The third-order valence-corrected chi connectivity index (χ3v) is 3.47. The maximum absolute atomic E-state index is 12.3. The molecule has 1 aliphatic rings. The summed E-state index contributed by atoms with van der Waals surface area (Å²) < 4.78 is 6.36. The Morgan fingerprint density at radius 3 is 2.50 bits per heavy atom. The van der Waals surface area contributed by atoms with Crippen LogP contribution in [0.2, 0.25) is 0 Å². The number of morpholine rings is 1. The van der Waals surface area contributed by atoms with Gasteiger partial charge in [-0.1, -0.05) is 18.2 Å². The molecule has 1 fully saturated rings. The fraction of sp³-hybridized carbons (Fsp3) is 0.267. The second-order valence-corrected chi connectivity index (χ2v) is 4.87. The molecule has 2 aromatic rings. The molecule has 0 atom stereocenters. The maximum Gasteiger partial charge on any atom is 0.358 e. The molecule has 22 heavy (non-hydrogen) atoms. The lowest BCUT2D eigenvalue weighted by Gasteiger charge is -2.29. The van der Waals surface area contributed by atoms with E-state index in [0.717, 1.165) is 4.68 Å². The first-order valence-electron chi connectivity index (χ1n) is 6.92. The number of carboxylic acid groups (broad SMARTS) is 1. The van der Waals surface area contributed by atoms with E-state index >= 15 is 0 Å². The summed E-state index contributed by atoms with van der Waals surface area (Å²) in [5.74, 6) is -1.16. The first-order valence-corrected chi connectivity index (χ1v) is 6.92. The average molecular weight is 301 g/mol. The van der Waals surface area contributed by atoms with Crippen molar-refractivity contribution in [2.75, 3.05) is 31.2 Å². The van der Waals surface area contributed by atoms with E-state index in [1.54, 1.807) is 24.3 Å². The number of aromatic nitrogens is 2. The fourth-order valence-electron chi connectivity index (χ4n) is 2.40. The van der Waals surface area contributed by atoms with Crippen molar-refractivity contribution in [2.45, 2.75) is 0 Å². The minimum Gasteiger partial charge on any atom is -0.476 e. The molecule has 1 N–H and O–H groups in total. The van der Waals surface area contributed by atoms with Gasteiger partial charge in [-0.15, -0.1) is 0 Å². The van der Waals surface area contributed by atoms with Gasteiger partial charge in [-0.25, -0.2) is 4.79 Å². The molecule has 0 spiro atoms. The van der Waals surface area contributed by atoms with Crippen LogP contribution in [0, 0.1) is 0 Å². The van der Waals surface area contributed by atoms with Gasteiger partial charge in [-0.05, 0) is 12.1 Å². The van der Waals surface area contributed by atoms with E-state index in [-0.39, 0.29) is 11.3 Å². The number of benzene rings is 1. The van der Waals surface area contributed by atoms with Crippen molar-refractivity contribution in [3.63, 3.8) is 0 Å². The SMILES string of the molecule is O=C(O)c1nn(-c2ccccc2)c(=O)cc1N1CCOCC1. The van der Waals surface area contributed by atoms with Crippen LogP contribution in [0.1, 0.15) is 10.5 Å². The van der Waals surface area contributed by atoms with Crippen LogP contribution in [0.4, 0.5) is 5.69 Å². The highest BCUT2D eigenvalue weighted by Crippen LogP contribution is 2.18. The molecular formula is C15H15N3O4. The van der Waals surface area contributed by atoms with E-state index in [2.05, 4.69) is 5.10 Å². The Balaban J connectivity index is 2.11. The summed E-state index contributed by atoms with van der Waals surface area (Å²) in [5.41, 5.74) is 0.375. The topological polar surface area (TPSA) is 84.7 Å². The smallest absolute Gasteiger partial charge is 0.358 e. The Kier molecular flexibility index (Phi) is 3.88. The highest BCUT2D eigenvalue weighted by atomic mass is 16.5. The van der Waals surface area contributed by atoms with Crippen molar-refractivity contribution >= 4 is 11.7 Å². The Morgan fingerprint density at radius 2 is 1.86 bits per heavy atom. The standard InChI is InChI=1S/C15H15N3O4/c19-13-10-12(17-6-8-22-9-7-17)14(15(20)21)16-18(13)11-4-2-1-3-5-11/h1-5,10H,6-9H2,(H,20,21). The molecule has 0 saturated carbocycles. The Labute approximate surface area is 126 Å². The summed E-state index contributed by atoms with van der Waals surface area (Å²) in [6.07, 6.45) is 0. The van der Waals surface area contributed by atoms with Crippen molar-refractivity contribution in [2.24, 2.45) is 0 Å². The number of nitrogens with zero attached hydrogens (tertiary/aromatic N) is 3. The average Bonchev–Trinajstić information content (AvgIpc) is 2.56. The summed E-state index contributed by atoms with van der Waals surface area (Å²) in [7, 11) is 0. The van der Waals surface area contributed by atoms with E-state index < -0.39 is 5.97 Å². The molecule has 0 bridgehead atoms. The van der Waals surface area contributed by atoms with Gasteiger partial charge in [-0.3, -0.25) is 4.79 Å². The van der Waals surface area contributed by atoms with Crippen LogP contribution in [-0.4, -0.2) is 47.2 Å². The molecule has 114 valence electrons. The van der Waals surface area contributed by atoms with Crippen molar-refractivity contribution in [3.8, 4) is 5.69 Å². The number of aromatic carboxylic acids is 1. The Bertz CT molecular complexity index is 736. The van der Waals surface area contributed by atoms with Crippen LogP contribution in [0.3, 0.4) is 0 Å². The molecule has 1 aliphatic heterocycles. The number of carbonyl (C=O) groups is 1. The van der Waals surface area contributed by atoms with Crippen LogP contribution in [0.5, 0.6) is 0 Å². The molecule has 3 rings (SSSR count). The van der Waals surface area contributed by atoms with Crippen LogP contribution in [0.25, 0.3) is 5.69 Å². The summed E-state index contributed by atoms with van der Waals surface area (Å²) in [6.45, 7) is 2.08. The monoisotopic (exact) mass is 301 g/mol. The number of rotatable bonds is 3. The highest BCUT2D eigenvalue weighted by molar-refractivity contribution is 5.92. The lowest BCUT2D eigenvalue weighted by molar-refractivity contribution is 0.0687. The van der Waals surface area contributed by atoms with Gasteiger partial charge in [0.2, 0.25) is 0 Å². The van der Waals surface area contributed by atoms with Gasteiger partial charge < -0.3 is 14.7 Å². The second-order valence-electron chi connectivity index (χ2n) is 4.87. The van der Waals surface area contributed by atoms with Crippen LogP contribution in [0.15, 0.2) is 41.2 Å². The normalized spacial score (nSPS) is 14.8. The third kappa shape index (κ3) is 2.71. The lowest BCUT2D eigenvalue weighted by atomic mass is 10.2. The maximum atomic E-state index is 12.3. The quantitative estimate of drug-likeness (QED) is 0.901. The summed E-state index contributed by atoms with van der Waals surface area (Å²) in [5, 5.41) is 13.5. The van der Waals surface area contributed by atoms with Gasteiger partial charge in [0.15, 0.2) is 5.69 Å². The number of carboxylic acids is 1. The zero-order chi connectivity index (χ0) is 15.5. The Morgan fingerprint density at radius 1 is 1.18 bits per heavy atom. The van der Waals surface area contributed by atoms with Crippen LogP contribution in [-0.2, 0) is 4.74 Å². The van der Waals surface area contributed by atoms with Gasteiger partial charge in [0, 0.05) is 19.2 Å². The van der Waals surface area contributed by atoms with Gasteiger partial charge >= 0.3 is 5.97 Å². The summed E-state index contributed by atoms with van der Waals surface area (Å²) in [6, 6.07) is 10.1. The molecule has 1 aromatic heterocycles. The van der Waals surface area contributed by atoms with E-state index in [0.29, 0.717) is 37.7 Å². The number of para-hydroxylation sites is 1. The summed E-state index contributed by atoms with van der Waals surface area (Å²) in [4.78, 5) is 25.6. The van der Waals surface area contributed by atoms with Crippen molar-refractivity contribution in [3.05, 3.63) is 52.4 Å². The molecule has 0 radical (unpaired) electrons. The number of ether oxygens (including phenoxy) is 1. The number of hydrogen-bond donors (Lipinski definition) is 1. The predicted octanol–water partition coefficient (Wildman–Crippen LogP) is 0.767. The highest BCUT2D eigenvalue weighted by Gasteiger charge is 2.22. The molecule has 2 heterocycles. The molecule has 0 aliphatic carbocycles. The molecule has 7 heteroatoms. The molecule has 0 unspecified atom stereocenters. The first kappa shape index (κ1) is 14.3. The number of hydrogen-bond acceptors (Lipinski definition) is 5. The largest absolute Gasteiger partial charge is 0.476 e. The lowest BCUT2D eigenvalue weighted by Crippen LogP contribution is -2.39. The zero-order valence-corrected chi connectivity index (χ0v) is 11.8. The van der Waals surface area contributed by atoms with Gasteiger partial charge in [-0.2, -0.15) is 9.78 Å². The Hall–Kier alpha value is -2.67. The second kappa shape index (κ2) is 5.98. The third-order valence-electron chi connectivity index (χ3n) is 3.47. The number of anilines is 1. The van der Waals surface area contributed by atoms with Crippen molar-refractivity contribution < 1.29 is 14.6 Å². The van der Waals surface area contributed by atoms with Crippen LogP contribution < -0.4 is 10.5 Å². The van der Waals surface area contributed by atoms with E-state index in [1.807, 2.05) is 11.0 Å². The first-order chi connectivity index (χ1) is 10.7. The van der Waals surface area contributed by atoms with Gasteiger partial charge in [0.05, 0.1) is 24.6 Å². The van der Waals surface area contributed by atoms with Crippen molar-refractivity contribution in [1.29, 1.82) is 0 Å². The molecular weight excluding hydrogens is 286 g/mol. The summed E-state index contributed by atoms with van der Waals surface area (Å²) >= 11 is 0. The fourth-order valence-corrected chi connectivity index (χ4v) is 2.40.